The minimum Gasteiger partial charge on any atom is -0.378 e. The van der Waals surface area contributed by atoms with Crippen molar-refractivity contribution in [3.63, 3.8) is 0 Å². The second-order valence-electron chi connectivity index (χ2n) is 10.2. The molecule has 0 unspecified atom stereocenters. The number of H-pyrrole nitrogens is 1. The van der Waals surface area contributed by atoms with E-state index in [-0.39, 0.29) is 39.3 Å². The van der Waals surface area contributed by atoms with Crippen LogP contribution in [0.15, 0.2) is 29.2 Å². The molecule has 3 aromatic heterocycles. The van der Waals surface area contributed by atoms with Crippen LogP contribution in [0.2, 0.25) is 0 Å². The molecule has 0 radical (unpaired) electrons. The first-order chi connectivity index (χ1) is 19.4. The number of nitrogens with one attached hydrogen (secondary N) is 2. The first-order valence-electron chi connectivity index (χ1n) is 13.4. The van der Waals surface area contributed by atoms with Gasteiger partial charge in [0, 0.05) is 55.9 Å². The van der Waals surface area contributed by atoms with Crippen LogP contribution < -0.4 is 20.7 Å². The molecule has 2 saturated heterocycles. The number of aromatic amines is 1. The van der Waals surface area contributed by atoms with Crippen LogP contribution in [-0.2, 0) is 4.74 Å². The number of hydrogen-bond donors (Lipinski definition) is 2. The third kappa shape index (κ3) is 4.74. The highest BCUT2D eigenvalue weighted by atomic mass is 19.1. The summed E-state index contributed by atoms with van der Waals surface area (Å²) in [7, 11) is 1.93. The SMILES string of the molecule is C#Cc1c(F)ccc2[nH]c(=O)cc(-c3ncc4c(N(C)C[C@@H]5CCCCN5)nc(N5CCOCC5)nc4c3F)c12. The Balaban J connectivity index is 1.55. The molecular weight excluding hydrogens is 516 g/mol. The van der Waals surface area contributed by atoms with Crippen LogP contribution in [-0.4, -0.2) is 72.4 Å². The molecule has 9 nitrogen and oxygen atoms in total. The van der Waals surface area contributed by atoms with Gasteiger partial charge in [-0.3, -0.25) is 9.78 Å². The number of piperidine rings is 1. The summed E-state index contributed by atoms with van der Waals surface area (Å²) in [6.07, 6.45) is 10.5. The van der Waals surface area contributed by atoms with Crippen molar-refractivity contribution in [2.75, 3.05) is 56.2 Å². The lowest BCUT2D eigenvalue weighted by molar-refractivity contribution is 0.122. The van der Waals surface area contributed by atoms with Crippen molar-refractivity contribution in [1.29, 1.82) is 0 Å². The van der Waals surface area contributed by atoms with Gasteiger partial charge in [-0.1, -0.05) is 12.3 Å². The Labute approximate surface area is 229 Å². The van der Waals surface area contributed by atoms with Gasteiger partial charge in [0.05, 0.1) is 29.7 Å². The van der Waals surface area contributed by atoms with E-state index in [1.165, 1.54) is 24.4 Å². The summed E-state index contributed by atoms with van der Waals surface area (Å²) >= 11 is 0. The number of pyridine rings is 2. The number of morpholine rings is 1. The summed E-state index contributed by atoms with van der Waals surface area (Å²) in [6.45, 7) is 3.82. The zero-order chi connectivity index (χ0) is 27.8. The predicted molar refractivity (Wildman–Crippen MR) is 151 cm³/mol. The van der Waals surface area contributed by atoms with Crippen LogP contribution >= 0.6 is 0 Å². The fraction of sp³-hybridized carbons (Fsp3) is 0.379. The van der Waals surface area contributed by atoms with Crippen molar-refractivity contribution < 1.29 is 13.5 Å². The molecule has 0 saturated carbocycles. The Hall–Kier alpha value is -4.14. The van der Waals surface area contributed by atoms with E-state index in [9.17, 15) is 9.18 Å². The summed E-state index contributed by atoms with van der Waals surface area (Å²) in [5.41, 5.74) is -0.266. The molecule has 5 heterocycles. The summed E-state index contributed by atoms with van der Waals surface area (Å²) in [5.74, 6) is 1.89. The average molecular weight is 546 g/mol. The molecule has 11 heteroatoms. The van der Waals surface area contributed by atoms with Crippen LogP contribution in [0.4, 0.5) is 20.5 Å². The Morgan fingerprint density at radius 2 is 2.05 bits per heavy atom. The van der Waals surface area contributed by atoms with Crippen molar-refractivity contribution in [1.82, 2.24) is 25.3 Å². The van der Waals surface area contributed by atoms with Crippen LogP contribution in [0.3, 0.4) is 0 Å². The largest absolute Gasteiger partial charge is 0.378 e. The number of rotatable bonds is 5. The maximum absolute atomic E-state index is 16.5. The number of nitrogens with zero attached hydrogens (tertiary/aromatic N) is 5. The second-order valence-corrected chi connectivity index (χ2v) is 10.2. The van der Waals surface area contributed by atoms with E-state index in [2.05, 4.69) is 26.2 Å². The van der Waals surface area contributed by atoms with Gasteiger partial charge < -0.3 is 24.8 Å². The zero-order valence-corrected chi connectivity index (χ0v) is 22.1. The standard InChI is InChI=1S/C29H29F2N7O2/c1-3-18-21(30)7-8-22-24(18)19(14-23(39)34-22)26-25(31)27-20(15-33-26)28(37(2)16-17-6-4-5-9-32-17)36-29(35-27)38-10-12-40-13-11-38/h1,7-8,14-15,17,32H,4-6,9-13,16H2,2H3,(H,34,39)/t17-/m0/s1. The molecule has 1 atom stereocenters. The Bertz CT molecular complexity index is 1690. The molecule has 2 aliphatic heterocycles. The molecule has 1 aromatic carbocycles. The van der Waals surface area contributed by atoms with Crippen molar-refractivity contribution in [2.24, 2.45) is 0 Å². The van der Waals surface area contributed by atoms with E-state index in [0.717, 1.165) is 25.8 Å². The molecule has 0 bridgehead atoms. The second kappa shape index (κ2) is 10.8. The first-order valence-corrected chi connectivity index (χ1v) is 13.4. The number of ether oxygens (including phenoxy) is 1. The summed E-state index contributed by atoms with van der Waals surface area (Å²) in [5, 5.41) is 4.19. The molecule has 6 rings (SSSR count). The van der Waals surface area contributed by atoms with E-state index in [1.54, 1.807) is 0 Å². The van der Waals surface area contributed by atoms with Crippen molar-refractivity contribution >= 4 is 33.6 Å². The first kappa shape index (κ1) is 26.1. The topological polar surface area (TPSA) is 99.3 Å². The van der Waals surface area contributed by atoms with Gasteiger partial charge in [0.15, 0.2) is 5.82 Å². The molecule has 0 aliphatic carbocycles. The Morgan fingerprint density at radius 3 is 2.80 bits per heavy atom. The molecule has 40 heavy (non-hydrogen) atoms. The number of terminal acetylenes is 1. The molecule has 2 aliphatic rings. The van der Waals surface area contributed by atoms with Gasteiger partial charge in [-0.25, -0.2) is 13.8 Å². The van der Waals surface area contributed by atoms with Gasteiger partial charge in [-0.05, 0) is 31.5 Å². The number of hydrogen-bond acceptors (Lipinski definition) is 8. The Morgan fingerprint density at radius 1 is 1.23 bits per heavy atom. The lowest BCUT2D eigenvalue weighted by atomic mass is 9.99. The molecule has 2 fully saturated rings. The van der Waals surface area contributed by atoms with E-state index in [1.807, 2.05) is 16.8 Å². The predicted octanol–water partition coefficient (Wildman–Crippen LogP) is 3.21. The van der Waals surface area contributed by atoms with Gasteiger partial charge in [0.2, 0.25) is 11.5 Å². The summed E-state index contributed by atoms with van der Waals surface area (Å²) < 4.78 is 36.7. The highest BCUT2D eigenvalue weighted by Crippen LogP contribution is 2.35. The third-order valence-corrected chi connectivity index (χ3v) is 7.57. The monoisotopic (exact) mass is 545 g/mol. The molecule has 0 spiro atoms. The van der Waals surface area contributed by atoms with Crippen LogP contribution in [0.25, 0.3) is 33.1 Å². The number of anilines is 2. The highest BCUT2D eigenvalue weighted by Gasteiger charge is 2.25. The minimum atomic E-state index is -0.737. The molecular formula is C29H29F2N7O2. The Kier molecular flexibility index (Phi) is 7.04. The molecule has 206 valence electrons. The number of aromatic nitrogens is 4. The van der Waals surface area contributed by atoms with Crippen LogP contribution in [0, 0.1) is 24.0 Å². The van der Waals surface area contributed by atoms with E-state index in [4.69, 9.17) is 16.1 Å². The number of fused-ring (bicyclic) bond motifs is 2. The van der Waals surface area contributed by atoms with E-state index in [0.29, 0.717) is 50.0 Å². The van der Waals surface area contributed by atoms with Gasteiger partial charge in [-0.15, -0.1) is 6.42 Å². The molecule has 0 amide bonds. The van der Waals surface area contributed by atoms with Gasteiger partial charge in [0.1, 0.15) is 22.8 Å². The van der Waals surface area contributed by atoms with Crippen LogP contribution in [0.5, 0.6) is 0 Å². The lowest BCUT2D eigenvalue weighted by Crippen LogP contribution is -2.43. The quantitative estimate of drug-likeness (QED) is 0.369. The number of halogens is 2. The highest BCUT2D eigenvalue weighted by molar-refractivity contribution is 6.00. The van der Waals surface area contributed by atoms with Gasteiger partial charge in [0.25, 0.3) is 0 Å². The smallest absolute Gasteiger partial charge is 0.249 e. The third-order valence-electron chi connectivity index (χ3n) is 7.57. The van der Waals surface area contributed by atoms with E-state index >= 15 is 4.39 Å². The van der Waals surface area contributed by atoms with Gasteiger partial charge >= 0.3 is 0 Å². The molecule has 2 N–H and O–H groups in total. The fourth-order valence-electron chi connectivity index (χ4n) is 5.57. The zero-order valence-electron chi connectivity index (χ0n) is 22.1. The van der Waals surface area contributed by atoms with Crippen molar-refractivity contribution in [2.45, 2.75) is 25.3 Å². The van der Waals surface area contributed by atoms with Crippen molar-refractivity contribution in [3.8, 4) is 23.6 Å². The van der Waals surface area contributed by atoms with Crippen LogP contribution in [0.1, 0.15) is 24.8 Å². The lowest BCUT2D eigenvalue weighted by Gasteiger charge is -2.31. The van der Waals surface area contributed by atoms with Gasteiger partial charge in [-0.2, -0.15) is 4.98 Å². The summed E-state index contributed by atoms with van der Waals surface area (Å²) in [6, 6.07) is 4.05. The van der Waals surface area contributed by atoms with Crippen molar-refractivity contribution in [3.05, 3.63) is 51.9 Å². The number of benzene rings is 1. The molecule has 4 aromatic rings. The maximum Gasteiger partial charge on any atom is 0.249 e. The normalized spacial score (nSPS) is 17.8. The minimum absolute atomic E-state index is 0.0621. The summed E-state index contributed by atoms with van der Waals surface area (Å²) in [4.78, 5) is 33.1. The average Bonchev–Trinajstić information content (AvgIpc) is 2.98. The fourth-order valence-corrected chi connectivity index (χ4v) is 5.57. The number of likely N-dealkylation sites (N-methyl/N-ethyl adjacent to an activating group) is 1. The van der Waals surface area contributed by atoms with E-state index < -0.39 is 17.2 Å². The maximum atomic E-state index is 16.5.